The molecule has 2 aromatic heterocycles. The van der Waals surface area contributed by atoms with Crippen LogP contribution in [0.15, 0.2) is 66.9 Å². The Hall–Kier alpha value is -3.84. The number of nitrogens with one attached hydrogen (secondary N) is 1. The van der Waals surface area contributed by atoms with Crippen molar-refractivity contribution >= 4 is 22.5 Å². The molecule has 0 radical (unpaired) electrons. The quantitative estimate of drug-likeness (QED) is 0.460. The number of benzene rings is 2. The summed E-state index contributed by atoms with van der Waals surface area (Å²) in [5.74, 6) is 1.23. The summed E-state index contributed by atoms with van der Waals surface area (Å²) in [6.07, 6.45) is 2.01. The number of aliphatic hydroxyl groups excluding tert-OH is 1. The fourth-order valence-electron chi connectivity index (χ4n) is 3.80. The van der Waals surface area contributed by atoms with Crippen LogP contribution in [0.5, 0.6) is 11.5 Å². The lowest BCUT2D eigenvalue weighted by molar-refractivity contribution is -0.125. The number of fused-ring (bicyclic) bond motifs is 2. The third kappa shape index (κ3) is 4.03. The number of pyridine rings is 1. The molecule has 0 spiro atoms. The van der Waals surface area contributed by atoms with Crippen LogP contribution in [0.2, 0.25) is 0 Å². The molecule has 0 atom stereocenters. The fourth-order valence-corrected chi connectivity index (χ4v) is 3.80. The molecule has 33 heavy (non-hydrogen) atoms. The van der Waals surface area contributed by atoms with E-state index in [9.17, 15) is 9.90 Å². The number of hydrogen-bond acceptors (Lipinski definition) is 5. The largest absolute Gasteiger partial charge is 0.454 e. The summed E-state index contributed by atoms with van der Waals surface area (Å²) in [5, 5.41) is 13.4. The first-order valence-corrected chi connectivity index (χ1v) is 10.8. The normalized spacial score (nSPS) is 12.8. The van der Waals surface area contributed by atoms with Gasteiger partial charge in [0.15, 0.2) is 11.5 Å². The van der Waals surface area contributed by atoms with Crippen LogP contribution in [0.25, 0.3) is 22.2 Å². The van der Waals surface area contributed by atoms with Gasteiger partial charge in [0.2, 0.25) is 12.7 Å². The van der Waals surface area contributed by atoms with Crippen LogP contribution in [-0.2, 0) is 11.3 Å². The molecule has 1 aliphatic heterocycles. The smallest absolute Gasteiger partial charge is 0.232 e. The van der Waals surface area contributed by atoms with Crippen molar-refractivity contribution in [3.8, 4) is 22.8 Å². The molecular formula is C26H25N3O4. The lowest BCUT2D eigenvalue weighted by Crippen LogP contribution is -2.33. The predicted molar refractivity (Wildman–Crippen MR) is 126 cm³/mol. The first kappa shape index (κ1) is 21.0. The minimum Gasteiger partial charge on any atom is -0.454 e. The Morgan fingerprint density at radius 2 is 1.97 bits per heavy atom. The summed E-state index contributed by atoms with van der Waals surface area (Å²) in [4.78, 5) is 17.3. The molecule has 1 aliphatic rings. The monoisotopic (exact) mass is 443 g/mol. The topological polar surface area (TPSA) is 85.6 Å². The number of para-hydroxylation sites is 1. The van der Waals surface area contributed by atoms with Gasteiger partial charge >= 0.3 is 0 Å². The zero-order chi connectivity index (χ0) is 23.0. The SMILES string of the molecule is CC(C)(CO)C(=O)Nc1ccc2ccn(Cc3cccc(-c4cccc5c4OCO5)n3)c2c1. The fraction of sp³-hybridized carbons (Fsp3) is 0.231. The van der Waals surface area contributed by atoms with Gasteiger partial charge in [0, 0.05) is 17.4 Å². The first-order chi connectivity index (χ1) is 15.9. The molecule has 0 unspecified atom stereocenters. The standard InChI is InChI=1S/C26H25N3O4/c1-26(2,15-30)25(31)28-18-10-9-17-11-12-29(22(17)13-18)14-19-5-3-7-21(27-19)20-6-4-8-23-24(20)33-16-32-23/h3-13,30H,14-16H2,1-2H3,(H,28,31). The summed E-state index contributed by atoms with van der Waals surface area (Å²) < 4.78 is 13.2. The van der Waals surface area contributed by atoms with Gasteiger partial charge in [-0.05, 0) is 61.7 Å². The van der Waals surface area contributed by atoms with Crippen LogP contribution in [0.1, 0.15) is 19.5 Å². The second kappa shape index (κ2) is 8.26. The maximum absolute atomic E-state index is 12.5. The van der Waals surface area contributed by atoms with E-state index < -0.39 is 5.41 Å². The molecule has 2 aromatic carbocycles. The second-order valence-corrected chi connectivity index (χ2v) is 8.77. The van der Waals surface area contributed by atoms with E-state index in [0.29, 0.717) is 12.2 Å². The van der Waals surface area contributed by atoms with Gasteiger partial charge in [-0.25, -0.2) is 0 Å². The van der Waals surface area contributed by atoms with E-state index in [1.807, 2.05) is 66.9 Å². The number of carbonyl (C=O) groups is 1. The highest BCUT2D eigenvalue weighted by Crippen LogP contribution is 2.40. The number of rotatable bonds is 6. The van der Waals surface area contributed by atoms with Crippen molar-refractivity contribution in [1.29, 1.82) is 0 Å². The van der Waals surface area contributed by atoms with E-state index in [0.717, 1.165) is 39.4 Å². The Labute approximate surface area is 191 Å². The molecular weight excluding hydrogens is 418 g/mol. The van der Waals surface area contributed by atoms with Crippen molar-refractivity contribution in [2.75, 3.05) is 18.7 Å². The first-order valence-electron chi connectivity index (χ1n) is 10.8. The molecule has 0 bridgehead atoms. The summed E-state index contributed by atoms with van der Waals surface area (Å²) in [7, 11) is 0. The Morgan fingerprint density at radius 1 is 1.12 bits per heavy atom. The van der Waals surface area contributed by atoms with E-state index in [4.69, 9.17) is 14.5 Å². The number of anilines is 1. The Kier molecular flexibility index (Phi) is 5.26. The highest BCUT2D eigenvalue weighted by molar-refractivity contribution is 5.97. The number of aromatic nitrogens is 2. The Balaban J connectivity index is 1.43. The zero-order valence-electron chi connectivity index (χ0n) is 18.5. The van der Waals surface area contributed by atoms with E-state index >= 15 is 0 Å². The highest BCUT2D eigenvalue weighted by atomic mass is 16.7. The lowest BCUT2D eigenvalue weighted by Gasteiger charge is -2.20. The third-order valence-electron chi connectivity index (χ3n) is 5.85. The van der Waals surface area contributed by atoms with Crippen molar-refractivity contribution in [3.63, 3.8) is 0 Å². The summed E-state index contributed by atoms with van der Waals surface area (Å²) >= 11 is 0. The van der Waals surface area contributed by atoms with E-state index in [-0.39, 0.29) is 19.3 Å². The van der Waals surface area contributed by atoms with Crippen LogP contribution in [0.4, 0.5) is 5.69 Å². The molecule has 7 heteroatoms. The predicted octanol–water partition coefficient (Wildman–Crippen LogP) is 4.44. The third-order valence-corrected chi connectivity index (χ3v) is 5.85. The van der Waals surface area contributed by atoms with Gasteiger partial charge in [-0.15, -0.1) is 0 Å². The van der Waals surface area contributed by atoms with Gasteiger partial charge in [-0.3, -0.25) is 9.78 Å². The van der Waals surface area contributed by atoms with Gasteiger partial charge < -0.3 is 24.5 Å². The molecule has 1 amide bonds. The Morgan fingerprint density at radius 3 is 2.82 bits per heavy atom. The number of amides is 1. The number of nitrogens with zero attached hydrogens (tertiary/aromatic N) is 2. The minimum absolute atomic E-state index is 0.218. The van der Waals surface area contributed by atoms with Crippen molar-refractivity contribution in [2.45, 2.75) is 20.4 Å². The molecule has 0 saturated heterocycles. The summed E-state index contributed by atoms with van der Waals surface area (Å²) in [6.45, 7) is 3.99. The Bertz CT molecular complexity index is 1340. The van der Waals surface area contributed by atoms with E-state index in [1.165, 1.54) is 0 Å². The van der Waals surface area contributed by atoms with E-state index in [2.05, 4.69) is 9.88 Å². The van der Waals surface area contributed by atoms with Gasteiger partial charge in [0.1, 0.15) is 0 Å². The zero-order valence-corrected chi connectivity index (χ0v) is 18.5. The van der Waals surface area contributed by atoms with Crippen LogP contribution in [-0.4, -0.2) is 34.0 Å². The molecule has 0 saturated carbocycles. The minimum atomic E-state index is -0.853. The van der Waals surface area contributed by atoms with Crippen molar-refractivity contribution in [3.05, 3.63) is 72.6 Å². The number of hydrogen-bond donors (Lipinski definition) is 2. The average molecular weight is 444 g/mol. The molecule has 7 nitrogen and oxygen atoms in total. The molecule has 2 N–H and O–H groups in total. The molecule has 168 valence electrons. The van der Waals surface area contributed by atoms with E-state index in [1.54, 1.807) is 13.8 Å². The molecule has 4 aromatic rings. The van der Waals surface area contributed by atoms with Gasteiger partial charge in [-0.1, -0.05) is 18.2 Å². The van der Waals surface area contributed by atoms with Gasteiger partial charge in [-0.2, -0.15) is 0 Å². The second-order valence-electron chi connectivity index (χ2n) is 8.77. The molecule has 0 aliphatic carbocycles. The van der Waals surface area contributed by atoms with Crippen molar-refractivity contribution < 1.29 is 19.4 Å². The van der Waals surface area contributed by atoms with Crippen molar-refractivity contribution in [1.82, 2.24) is 9.55 Å². The molecule has 3 heterocycles. The summed E-state index contributed by atoms with van der Waals surface area (Å²) in [5.41, 5.74) is 3.45. The highest BCUT2D eigenvalue weighted by Gasteiger charge is 2.26. The van der Waals surface area contributed by atoms with Gasteiger partial charge in [0.05, 0.1) is 35.5 Å². The van der Waals surface area contributed by atoms with Crippen LogP contribution < -0.4 is 14.8 Å². The summed E-state index contributed by atoms with van der Waals surface area (Å²) in [6, 6.07) is 19.6. The maximum atomic E-state index is 12.5. The number of carbonyl (C=O) groups excluding carboxylic acids is 1. The maximum Gasteiger partial charge on any atom is 0.232 e. The van der Waals surface area contributed by atoms with Crippen molar-refractivity contribution in [2.24, 2.45) is 5.41 Å². The molecule has 0 fully saturated rings. The van der Waals surface area contributed by atoms with Crippen LogP contribution in [0, 0.1) is 5.41 Å². The number of aliphatic hydroxyl groups is 1. The number of ether oxygens (including phenoxy) is 2. The average Bonchev–Trinajstić information content (AvgIpc) is 3.46. The van der Waals surface area contributed by atoms with Crippen LogP contribution in [0.3, 0.4) is 0 Å². The van der Waals surface area contributed by atoms with Crippen LogP contribution >= 0.6 is 0 Å². The lowest BCUT2D eigenvalue weighted by atomic mass is 9.93. The molecule has 5 rings (SSSR count). The van der Waals surface area contributed by atoms with Gasteiger partial charge in [0.25, 0.3) is 0 Å².